The quantitative estimate of drug-likeness (QED) is 0.743. The second-order valence-electron chi connectivity index (χ2n) is 3.62. The van der Waals surface area contributed by atoms with Crippen molar-refractivity contribution in [1.82, 2.24) is 9.78 Å². The summed E-state index contributed by atoms with van der Waals surface area (Å²) in [6.07, 6.45) is 0.484. The van der Waals surface area contributed by atoms with E-state index in [9.17, 15) is 0 Å². The standard InChI is InChI=1S/C10H13N3S/c1-7-10(3-4-11)8(2)13(12-7)9-5-14-6-9/h9H,3,5-6H2,1-2H3. The van der Waals surface area contributed by atoms with Crippen LogP contribution in [0.5, 0.6) is 0 Å². The molecule has 0 radical (unpaired) electrons. The molecule has 0 saturated carbocycles. The van der Waals surface area contributed by atoms with E-state index in [1.807, 2.05) is 18.7 Å². The molecule has 1 aromatic rings. The second-order valence-corrected chi connectivity index (χ2v) is 4.70. The van der Waals surface area contributed by atoms with Crippen molar-refractivity contribution in [2.24, 2.45) is 0 Å². The molecule has 3 nitrogen and oxygen atoms in total. The molecular formula is C10H13N3S. The minimum atomic E-state index is 0.484. The highest BCUT2D eigenvalue weighted by Gasteiger charge is 2.24. The lowest BCUT2D eigenvalue weighted by atomic mass is 10.1. The van der Waals surface area contributed by atoms with Gasteiger partial charge in [-0.3, -0.25) is 4.68 Å². The minimum Gasteiger partial charge on any atom is -0.265 e. The first-order valence-corrected chi connectivity index (χ1v) is 5.88. The third-order valence-corrected chi connectivity index (χ3v) is 3.94. The highest BCUT2D eigenvalue weighted by atomic mass is 32.2. The van der Waals surface area contributed by atoms with E-state index in [0.717, 1.165) is 22.8 Å². The SMILES string of the molecule is Cc1nn(C2CSC2)c(C)c1CC#N. The maximum absolute atomic E-state index is 8.70. The van der Waals surface area contributed by atoms with Crippen molar-refractivity contribution in [3.63, 3.8) is 0 Å². The predicted molar refractivity (Wildman–Crippen MR) is 57.4 cm³/mol. The lowest BCUT2D eigenvalue weighted by Crippen LogP contribution is -2.24. The Balaban J connectivity index is 2.33. The summed E-state index contributed by atoms with van der Waals surface area (Å²) in [5, 5.41) is 13.2. The molecule has 14 heavy (non-hydrogen) atoms. The van der Waals surface area contributed by atoms with Gasteiger partial charge >= 0.3 is 0 Å². The minimum absolute atomic E-state index is 0.484. The van der Waals surface area contributed by atoms with Gasteiger partial charge in [-0.2, -0.15) is 22.1 Å². The van der Waals surface area contributed by atoms with Crippen molar-refractivity contribution < 1.29 is 0 Å². The highest BCUT2D eigenvalue weighted by Crippen LogP contribution is 2.31. The zero-order valence-electron chi connectivity index (χ0n) is 8.45. The zero-order valence-corrected chi connectivity index (χ0v) is 9.27. The molecular weight excluding hydrogens is 194 g/mol. The lowest BCUT2D eigenvalue weighted by Gasteiger charge is -2.26. The Hall–Kier alpha value is -0.950. The van der Waals surface area contributed by atoms with Crippen molar-refractivity contribution in [2.45, 2.75) is 26.3 Å². The molecule has 1 aromatic heterocycles. The predicted octanol–water partition coefficient (Wildman–Crippen LogP) is 1.85. The topological polar surface area (TPSA) is 41.6 Å². The van der Waals surface area contributed by atoms with E-state index in [1.165, 1.54) is 5.69 Å². The third kappa shape index (κ3) is 1.42. The van der Waals surface area contributed by atoms with Crippen LogP contribution in [0.2, 0.25) is 0 Å². The van der Waals surface area contributed by atoms with Crippen LogP contribution in [0.3, 0.4) is 0 Å². The van der Waals surface area contributed by atoms with Gasteiger partial charge in [0.2, 0.25) is 0 Å². The molecule has 2 heterocycles. The zero-order chi connectivity index (χ0) is 10.1. The van der Waals surface area contributed by atoms with Gasteiger partial charge in [0.05, 0.1) is 24.2 Å². The van der Waals surface area contributed by atoms with Crippen LogP contribution in [0.1, 0.15) is 23.0 Å². The molecule has 0 unspecified atom stereocenters. The van der Waals surface area contributed by atoms with Crippen LogP contribution < -0.4 is 0 Å². The van der Waals surface area contributed by atoms with E-state index < -0.39 is 0 Å². The first kappa shape index (κ1) is 9.60. The van der Waals surface area contributed by atoms with Gasteiger partial charge in [-0.05, 0) is 13.8 Å². The summed E-state index contributed by atoms with van der Waals surface area (Å²) in [5.74, 6) is 2.32. The first-order chi connectivity index (χ1) is 6.74. The fraction of sp³-hybridized carbons (Fsp3) is 0.600. The number of aryl methyl sites for hydroxylation is 1. The van der Waals surface area contributed by atoms with Crippen molar-refractivity contribution in [2.75, 3.05) is 11.5 Å². The van der Waals surface area contributed by atoms with Crippen molar-refractivity contribution in [3.05, 3.63) is 17.0 Å². The van der Waals surface area contributed by atoms with Crippen molar-refractivity contribution in [3.8, 4) is 6.07 Å². The Kier molecular flexibility index (Phi) is 2.51. The van der Waals surface area contributed by atoms with Crippen LogP contribution in [-0.4, -0.2) is 21.3 Å². The van der Waals surface area contributed by atoms with E-state index in [2.05, 4.69) is 22.8 Å². The lowest BCUT2D eigenvalue weighted by molar-refractivity contribution is 0.510. The van der Waals surface area contributed by atoms with Gasteiger partial charge in [-0.25, -0.2) is 0 Å². The molecule has 2 rings (SSSR count). The molecule has 0 aliphatic carbocycles. The average molecular weight is 207 g/mol. The molecule has 0 amide bonds. The average Bonchev–Trinajstić information content (AvgIpc) is 2.31. The number of nitriles is 1. The Morgan fingerprint density at radius 3 is 2.79 bits per heavy atom. The van der Waals surface area contributed by atoms with Crippen LogP contribution >= 0.6 is 11.8 Å². The fourth-order valence-electron chi connectivity index (χ4n) is 1.75. The first-order valence-electron chi connectivity index (χ1n) is 4.73. The smallest absolute Gasteiger partial charge is 0.0703 e. The van der Waals surface area contributed by atoms with Gasteiger partial charge in [-0.15, -0.1) is 0 Å². The molecule has 74 valence electrons. The van der Waals surface area contributed by atoms with Gasteiger partial charge in [-0.1, -0.05) is 0 Å². The number of hydrogen-bond donors (Lipinski definition) is 0. The largest absolute Gasteiger partial charge is 0.265 e. The summed E-state index contributed by atoms with van der Waals surface area (Å²) in [6.45, 7) is 4.05. The van der Waals surface area contributed by atoms with E-state index in [-0.39, 0.29) is 0 Å². The molecule has 0 spiro atoms. The molecule has 1 saturated heterocycles. The Morgan fingerprint density at radius 2 is 2.29 bits per heavy atom. The summed E-state index contributed by atoms with van der Waals surface area (Å²) in [5.41, 5.74) is 3.31. The number of nitrogens with zero attached hydrogens (tertiary/aromatic N) is 3. The summed E-state index contributed by atoms with van der Waals surface area (Å²) < 4.78 is 2.10. The number of hydrogen-bond acceptors (Lipinski definition) is 3. The van der Waals surface area contributed by atoms with Crippen LogP contribution in [-0.2, 0) is 6.42 Å². The normalized spacial score (nSPS) is 16.4. The van der Waals surface area contributed by atoms with Crippen molar-refractivity contribution >= 4 is 11.8 Å². The molecule has 0 aromatic carbocycles. The van der Waals surface area contributed by atoms with Gasteiger partial charge in [0, 0.05) is 22.8 Å². The molecule has 0 atom stereocenters. The van der Waals surface area contributed by atoms with Crippen molar-refractivity contribution in [1.29, 1.82) is 5.26 Å². The fourth-order valence-corrected chi connectivity index (χ4v) is 2.48. The van der Waals surface area contributed by atoms with Crippen LogP contribution in [0.15, 0.2) is 0 Å². The maximum atomic E-state index is 8.70. The molecule has 1 aliphatic heterocycles. The molecule has 0 bridgehead atoms. The van der Waals surface area contributed by atoms with Crippen LogP contribution in [0, 0.1) is 25.2 Å². The summed E-state index contributed by atoms with van der Waals surface area (Å²) >= 11 is 1.95. The molecule has 1 fully saturated rings. The molecule has 4 heteroatoms. The van der Waals surface area contributed by atoms with E-state index in [0.29, 0.717) is 12.5 Å². The van der Waals surface area contributed by atoms with Crippen LogP contribution in [0.4, 0.5) is 0 Å². The van der Waals surface area contributed by atoms with E-state index >= 15 is 0 Å². The van der Waals surface area contributed by atoms with E-state index in [4.69, 9.17) is 5.26 Å². The summed E-state index contributed by atoms with van der Waals surface area (Å²) in [7, 11) is 0. The highest BCUT2D eigenvalue weighted by molar-refractivity contribution is 8.00. The molecule has 1 aliphatic rings. The number of aromatic nitrogens is 2. The Bertz CT molecular complexity index is 385. The second kappa shape index (κ2) is 3.66. The summed E-state index contributed by atoms with van der Waals surface area (Å²) in [4.78, 5) is 0. The number of rotatable bonds is 2. The number of thioether (sulfide) groups is 1. The van der Waals surface area contributed by atoms with Gasteiger partial charge in [0.15, 0.2) is 0 Å². The third-order valence-electron chi connectivity index (χ3n) is 2.70. The van der Waals surface area contributed by atoms with Gasteiger partial charge < -0.3 is 0 Å². The molecule has 0 N–H and O–H groups in total. The van der Waals surface area contributed by atoms with E-state index in [1.54, 1.807) is 0 Å². The van der Waals surface area contributed by atoms with Gasteiger partial charge in [0.25, 0.3) is 0 Å². The Morgan fingerprint density at radius 1 is 1.57 bits per heavy atom. The van der Waals surface area contributed by atoms with Crippen LogP contribution in [0.25, 0.3) is 0 Å². The Labute approximate surface area is 88.1 Å². The summed E-state index contributed by atoms with van der Waals surface area (Å²) in [6, 6.07) is 2.76. The monoisotopic (exact) mass is 207 g/mol. The maximum Gasteiger partial charge on any atom is 0.0703 e. The van der Waals surface area contributed by atoms with Gasteiger partial charge in [0.1, 0.15) is 0 Å².